The van der Waals surface area contributed by atoms with Crippen molar-refractivity contribution in [3.05, 3.63) is 82.9 Å². The maximum absolute atomic E-state index is 14.4. The average molecular weight is 704 g/mol. The number of carbonyl (C=O) groups is 3. The number of ketones is 2. The molecule has 10 nitrogen and oxygen atoms in total. The van der Waals surface area contributed by atoms with E-state index < -0.39 is 18.0 Å². The number of amides is 1. The molecule has 1 aromatic carbocycles. The maximum atomic E-state index is 14.4. The van der Waals surface area contributed by atoms with Crippen molar-refractivity contribution in [3.63, 3.8) is 0 Å². The van der Waals surface area contributed by atoms with E-state index in [-0.39, 0.29) is 30.3 Å². The van der Waals surface area contributed by atoms with Gasteiger partial charge in [0.1, 0.15) is 5.03 Å². The normalized spacial score (nSPS) is 19.9. The average Bonchev–Trinajstić information content (AvgIpc) is 3.52. The van der Waals surface area contributed by atoms with Crippen molar-refractivity contribution < 1.29 is 14.4 Å². The number of rotatable bonds is 9. The lowest BCUT2D eigenvalue weighted by molar-refractivity contribution is -0.143. The summed E-state index contributed by atoms with van der Waals surface area (Å²) in [6.07, 6.45) is 11.1. The topological polar surface area (TPSA) is 160 Å². The van der Waals surface area contributed by atoms with Crippen LogP contribution in [0.1, 0.15) is 61.6 Å². The Labute approximate surface area is 297 Å². The minimum Gasteiger partial charge on any atom is -0.361 e. The van der Waals surface area contributed by atoms with E-state index in [1.165, 1.54) is 11.8 Å². The number of para-hydroxylation sites is 1. The molecule has 1 amide bonds. The van der Waals surface area contributed by atoms with Crippen molar-refractivity contribution in [1.82, 2.24) is 25.2 Å². The Morgan fingerprint density at radius 3 is 2.59 bits per heavy atom. The zero-order valence-electron chi connectivity index (χ0n) is 28.0. The number of aromatic nitrogens is 3. The van der Waals surface area contributed by atoms with Crippen molar-refractivity contribution in [1.29, 1.82) is 0 Å². The van der Waals surface area contributed by atoms with Gasteiger partial charge in [0.05, 0.1) is 17.1 Å². The predicted molar refractivity (Wildman–Crippen MR) is 194 cm³/mol. The highest BCUT2D eigenvalue weighted by Gasteiger charge is 2.34. The number of nitrogens with one attached hydrogen (secondary N) is 2. The first-order chi connectivity index (χ1) is 23.8. The highest BCUT2D eigenvalue weighted by molar-refractivity contribution is 7.99. The van der Waals surface area contributed by atoms with Gasteiger partial charge in [-0.05, 0) is 74.0 Å². The fourth-order valence-corrected chi connectivity index (χ4v) is 7.82. The van der Waals surface area contributed by atoms with Gasteiger partial charge < -0.3 is 26.7 Å². The first kappa shape index (κ1) is 36.7. The van der Waals surface area contributed by atoms with E-state index in [9.17, 15) is 14.4 Å². The largest absolute Gasteiger partial charge is 0.361 e. The zero-order chi connectivity index (χ0) is 34.8. The Kier molecular flexibility index (Phi) is 13.4. The minimum absolute atomic E-state index is 0.0469. The Morgan fingerprint density at radius 2 is 1.78 bits per heavy atom. The number of hydrogen-bond acceptors (Lipinski definition) is 9. The summed E-state index contributed by atoms with van der Waals surface area (Å²) in [7, 11) is 1.70. The van der Waals surface area contributed by atoms with E-state index in [2.05, 4.69) is 20.3 Å². The van der Waals surface area contributed by atoms with Gasteiger partial charge in [-0.1, -0.05) is 54.0 Å². The third-order valence-electron chi connectivity index (χ3n) is 9.32. The van der Waals surface area contributed by atoms with Crippen LogP contribution in [-0.4, -0.2) is 69.5 Å². The minimum atomic E-state index is -0.744. The van der Waals surface area contributed by atoms with E-state index in [0.29, 0.717) is 63.2 Å². The Balaban J connectivity index is 1.55. The fraction of sp³-hybridized carbons (Fsp3) is 0.432. The van der Waals surface area contributed by atoms with Crippen molar-refractivity contribution in [2.45, 2.75) is 86.3 Å². The number of H-pyrrole nitrogens is 1. The molecule has 49 heavy (non-hydrogen) atoms. The predicted octanol–water partition coefficient (Wildman–Crippen LogP) is 5.25. The van der Waals surface area contributed by atoms with Gasteiger partial charge in [0.25, 0.3) is 0 Å². The monoisotopic (exact) mass is 703 g/mol. The van der Waals surface area contributed by atoms with Crippen LogP contribution in [-0.2, 0) is 33.8 Å². The van der Waals surface area contributed by atoms with Gasteiger partial charge in [-0.15, -0.1) is 0 Å². The van der Waals surface area contributed by atoms with Gasteiger partial charge in [0.2, 0.25) is 5.91 Å². The van der Waals surface area contributed by atoms with E-state index in [0.717, 1.165) is 43.9 Å². The first-order valence-electron chi connectivity index (χ1n) is 17.0. The highest BCUT2D eigenvalue weighted by atomic mass is 35.5. The summed E-state index contributed by atoms with van der Waals surface area (Å²) in [5.74, 6) is -0.919. The molecule has 0 unspecified atom stereocenters. The van der Waals surface area contributed by atoms with Crippen LogP contribution in [0.15, 0.2) is 71.1 Å². The maximum Gasteiger partial charge on any atom is 0.226 e. The summed E-state index contributed by atoms with van der Waals surface area (Å²) in [6, 6.07) is 10.5. The number of hydrogen-bond donors (Lipinski definition) is 4. The molecule has 3 aromatic heterocycles. The van der Waals surface area contributed by atoms with Crippen LogP contribution in [0.4, 0.5) is 0 Å². The molecule has 0 fully saturated rings. The molecule has 0 saturated heterocycles. The molecule has 0 bridgehead atoms. The number of aromatic amines is 1. The molecule has 0 aliphatic carbocycles. The van der Waals surface area contributed by atoms with Gasteiger partial charge in [-0.25, -0.2) is 4.98 Å². The Morgan fingerprint density at radius 1 is 0.959 bits per heavy atom. The lowest BCUT2D eigenvalue weighted by Gasteiger charge is -2.31. The van der Waals surface area contributed by atoms with Crippen molar-refractivity contribution in [2.24, 2.45) is 17.4 Å². The molecule has 1 aliphatic heterocycles. The van der Waals surface area contributed by atoms with E-state index in [4.69, 9.17) is 23.1 Å². The van der Waals surface area contributed by atoms with Crippen molar-refractivity contribution in [3.8, 4) is 0 Å². The number of halogens is 1. The highest BCUT2D eigenvalue weighted by Crippen LogP contribution is 2.37. The van der Waals surface area contributed by atoms with Crippen LogP contribution in [0.2, 0.25) is 5.02 Å². The van der Waals surface area contributed by atoms with Crippen LogP contribution >= 0.6 is 23.4 Å². The van der Waals surface area contributed by atoms with E-state index >= 15 is 0 Å². The number of Topliss-reactive ketones (excluding diaryl/α,β-unsaturated/α-hetero) is 2. The molecule has 12 heteroatoms. The van der Waals surface area contributed by atoms with Crippen LogP contribution in [0.3, 0.4) is 0 Å². The number of benzene rings is 1. The van der Waals surface area contributed by atoms with Crippen molar-refractivity contribution >= 4 is 51.7 Å². The van der Waals surface area contributed by atoms with Crippen LogP contribution in [0.5, 0.6) is 0 Å². The second-order valence-corrected chi connectivity index (χ2v) is 14.1. The molecular weight excluding hydrogens is 658 g/mol. The van der Waals surface area contributed by atoms with Gasteiger partial charge in [-0.2, -0.15) is 0 Å². The molecule has 1 aliphatic rings. The molecule has 6 N–H and O–H groups in total. The molecule has 260 valence electrons. The van der Waals surface area contributed by atoms with Gasteiger partial charge in [0.15, 0.2) is 11.6 Å². The Hall–Kier alpha value is -3.61. The second-order valence-electron chi connectivity index (χ2n) is 12.7. The van der Waals surface area contributed by atoms with Gasteiger partial charge >= 0.3 is 0 Å². The molecule has 4 aromatic rings. The van der Waals surface area contributed by atoms with E-state index in [1.807, 2.05) is 42.6 Å². The number of fused-ring (bicyclic) bond motifs is 3. The summed E-state index contributed by atoms with van der Waals surface area (Å²) in [6.45, 7) is 1.34. The number of likely N-dealkylation sites (N-methyl/N-ethyl adjacent to an activating group) is 1. The molecule has 3 atom stereocenters. The van der Waals surface area contributed by atoms with E-state index in [1.54, 1.807) is 30.5 Å². The number of carbonyl (C=O) groups excluding carboxylic acids is 3. The number of nitrogens with zero attached hydrogens (tertiary/aromatic N) is 3. The lowest BCUT2D eigenvalue weighted by Crippen LogP contribution is -2.47. The quantitative estimate of drug-likeness (QED) is 0.171. The summed E-state index contributed by atoms with van der Waals surface area (Å²) in [4.78, 5) is 57.4. The summed E-state index contributed by atoms with van der Waals surface area (Å²) in [5.41, 5.74) is 15.3. The van der Waals surface area contributed by atoms with Crippen LogP contribution < -0.4 is 16.8 Å². The summed E-state index contributed by atoms with van der Waals surface area (Å²) >= 11 is 8.15. The number of pyridine rings is 2. The summed E-state index contributed by atoms with van der Waals surface area (Å²) in [5, 5.41) is 5.69. The van der Waals surface area contributed by atoms with Gasteiger partial charge in [0, 0.05) is 79.4 Å². The van der Waals surface area contributed by atoms with Crippen molar-refractivity contribution in [2.75, 3.05) is 20.1 Å². The Bertz CT molecular complexity index is 1750. The van der Waals surface area contributed by atoms with Crippen LogP contribution in [0.25, 0.3) is 10.9 Å². The SMILES string of the molecule is CN1C(=O)[C@H](CCCCN)CC(=O)[C@H](CCCN)NCc2cccnc2Sc2c(Cl)cncc2CCC(=O)[C@@H]1Cc1c[nH]c2ccccc12. The molecule has 5 rings (SSSR count). The zero-order valence-corrected chi connectivity index (χ0v) is 29.6. The van der Waals surface area contributed by atoms with Gasteiger partial charge in [-0.3, -0.25) is 19.4 Å². The molecular formula is C37H46ClN7O3S. The molecule has 0 saturated carbocycles. The molecule has 0 radical (unpaired) electrons. The standard InChI is InChI=1S/C37H46ClN7O3S/c1-45-32(18-27-22-43-30-11-3-2-10-28(27)30)33(46)14-13-25-20-41-23-29(38)35(25)49-36-26(9-7-17-42-36)21-44-31(12-6-16-40)34(47)19-24(37(45)48)8-4-5-15-39/h2-3,7,9-11,17,20,22-24,31-32,43-44H,4-6,8,12-16,18-19,21,39-40H2,1H3/t24-,31+,32+/m1/s1. The smallest absolute Gasteiger partial charge is 0.226 e. The lowest BCUT2D eigenvalue weighted by atomic mass is 9.89. The van der Waals surface area contributed by atoms with Crippen LogP contribution in [0, 0.1) is 5.92 Å². The third-order valence-corrected chi connectivity index (χ3v) is 11.0. The summed E-state index contributed by atoms with van der Waals surface area (Å²) < 4.78 is 0. The molecule has 0 spiro atoms. The number of unbranched alkanes of at least 4 members (excludes halogenated alkanes) is 1. The number of nitrogens with two attached hydrogens (primary N) is 2. The molecule has 4 heterocycles. The fourth-order valence-electron chi connectivity index (χ4n) is 6.51. The third kappa shape index (κ3) is 9.34. The number of aryl methyl sites for hydroxylation is 1. The second kappa shape index (κ2) is 17.9. The first-order valence-corrected chi connectivity index (χ1v) is 18.2.